The summed E-state index contributed by atoms with van der Waals surface area (Å²) in [4.78, 5) is 25.4. The van der Waals surface area contributed by atoms with Crippen molar-refractivity contribution in [3.05, 3.63) is 36.0 Å². The number of morpholine rings is 1. The standard InChI is InChI=1S/C15H16N2O4/c18-13(16-6-8-21-9-7-16)10-17-5-4-11-2-1-3-12(14(11)17)15(19)20/h1-5H,6-10H2,(H,19,20). The van der Waals surface area contributed by atoms with Crippen molar-refractivity contribution in [1.29, 1.82) is 0 Å². The van der Waals surface area contributed by atoms with Gasteiger partial charge in [-0.1, -0.05) is 12.1 Å². The zero-order chi connectivity index (χ0) is 14.8. The van der Waals surface area contributed by atoms with Crippen LogP contribution in [0.2, 0.25) is 0 Å². The molecule has 1 saturated heterocycles. The molecule has 1 aromatic carbocycles. The number of nitrogens with zero attached hydrogens (tertiary/aromatic N) is 2. The maximum Gasteiger partial charge on any atom is 0.337 e. The van der Waals surface area contributed by atoms with E-state index in [1.165, 1.54) is 0 Å². The average molecular weight is 288 g/mol. The van der Waals surface area contributed by atoms with Gasteiger partial charge >= 0.3 is 5.97 Å². The molecule has 2 aromatic rings. The lowest BCUT2D eigenvalue weighted by Gasteiger charge is -2.27. The number of hydrogen-bond donors (Lipinski definition) is 1. The summed E-state index contributed by atoms with van der Waals surface area (Å²) in [6.45, 7) is 2.43. The summed E-state index contributed by atoms with van der Waals surface area (Å²) >= 11 is 0. The quantitative estimate of drug-likeness (QED) is 0.921. The average Bonchev–Trinajstić information content (AvgIpc) is 2.91. The number of para-hydroxylation sites is 1. The molecule has 1 amide bonds. The fourth-order valence-electron chi connectivity index (χ4n) is 2.62. The molecule has 6 nitrogen and oxygen atoms in total. The first-order valence-corrected chi connectivity index (χ1v) is 6.83. The molecule has 0 spiro atoms. The molecule has 0 bridgehead atoms. The predicted octanol–water partition coefficient (Wildman–Crippen LogP) is 1.20. The van der Waals surface area contributed by atoms with Crippen LogP contribution in [0.4, 0.5) is 0 Å². The molecule has 1 aliphatic rings. The maximum atomic E-state index is 12.3. The van der Waals surface area contributed by atoms with E-state index in [9.17, 15) is 14.7 Å². The van der Waals surface area contributed by atoms with Gasteiger partial charge in [0.05, 0.1) is 24.3 Å². The number of carbonyl (C=O) groups excluding carboxylic acids is 1. The minimum atomic E-state index is -0.987. The number of aromatic carboxylic acids is 1. The maximum absolute atomic E-state index is 12.3. The van der Waals surface area contributed by atoms with Gasteiger partial charge in [-0.2, -0.15) is 0 Å². The van der Waals surface area contributed by atoms with Crippen LogP contribution in [0.3, 0.4) is 0 Å². The van der Waals surface area contributed by atoms with E-state index < -0.39 is 5.97 Å². The van der Waals surface area contributed by atoms with Crippen molar-refractivity contribution in [2.45, 2.75) is 6.54 Å². The number of hydrogen-bond acceptors (Lipinski definition) is 3. The fourth-order valence-corrected chi connectivity index (χ4v) is 2.62. The molecular formula is C15H16N2O4. The number of ether oxygens (including phenoxy) is 1. The first-order valence-electron chi connectivity index (χ1n) is 6.83. The summed E-state index contributed by atoms with van der Waals surface area (Å²) in [7, 11) is 0. The minimum absolute atomic E-state index is 0.0176. The molecule has 21 heavy (non-hydrogen) atoms. The Kier molecular flexibility index (Phi) is 3.62. The molecule has 3 rings (SSSR count). The normalized spacial score (nSPS) is 15.3. The van der Waals surface area contributed by atoms with Crippen LogP contribution >= 0.6 is 0 Å². The number of carboxylic acids is 1. The van der Waals surface area contributed by atoms with Crippen LogP contribution in [-0.2, 0) is 16.1 Å². The SMILES string of the molecule is O=C(O)c1cccc2ccn(CC(=O)N3CCOCC3)c12. The largest absolute Gasteiger partial charge is 0.478 e. The molecule has 6 heteroatoms. The summed E-state index contributed by atoms with van der Waals surface area (Å²) in [5.41, 5.74) is 0.805. The van der Waals surface area contributed by atoms with Crippen molar-refractivity contribution in [2.75, 3.05) is 26.3 Å². The van der Waals surface area contributed by atoms with E-state index in [1.54, 1.807) is 27.8 Å². The molecule has 0 unspecified atom stereocenters. The van der Waals surface area contributed by atoms with Crippen LogP contribution in [0.25, 0.3) is 10.9 Å². The smallest absolute Gasteiger partial charge is 0.337 e. The molecule has 1 aromatic heterocycles. The number of carbonyl (C=O) groups is 2. The van der Waals surface area contributed by atoms with Gasteiger partial charge in [0.2, 0.25) is 5.91 Å². The Balaban J connectivity index is 1.90. The Hall–Kier alpha value is -2.34. The monoisotopic (exact) mass is 288 g/mol. The van der Waals surface area contributed by atoms with Crippen LogP contribution in [0.5, 0.6) is 0 Å². The molecule has 0 atom stereocenters. The third kappa shape index (κ3) is 2.62. The highest BCUT2D eigenvalue weighted by Crippen LogP contribution is 2.20. The number of amides is 1. The fraction of sp³-hybridized carbons (Fsp3) is 0.333. The van der Waals surface area contributed by atoms with E-state index in [0.717, 1.165) is 5.39 Å². The molecule has 0 aliphatic carbocycles. The zero-order valence-electron chi connectivity index (χ0n) is 11.5. The van der Waals surface area contributed by atoms with E-state index >= 15 is 0 Å². The molecule has 0 radical (unpaired) electrons. The van der Waals surface area contributed by atoms with Gasteiger partial charge in [0.1, 0.15) is 6.54 Å². The van der Waals surface area contributed by atoms with Gasteiger partial charge < -0.3 is 19.3 Å². The van der Waals surface area contributed by atoms with E-state index in [2.05, 4.69) is 0 Å². The van der Waals surface area contributed by atoms with E-state index in [-0.39, 0.29) is 18.0 Å². The second-order valence-electron chi connectivity index (χ2n) is 4.99. The van der Waals surface area contributed by atoms with Gasteiger partial charge in [0.25, 0.3) is 0 Å². The Bertz CT molecular complexity index is 686. The Morgan fingerprint density at radius 1 is 1.19 bits per heavy atom. The third-order valence-corrected chi connectivity index (χ3v) is 3.69. The number of benzene rings is 1. The number of rotatable bonds is 3. The highest BCUT2D eigenvalue weighted by atomic mass is 16.5. The highest BCUT2D eigenvalue weighted by Gasteiger charge is 2.19. The zero-order valence-corrected chi connectivity index (χ0v) is 11.5. The summed E-state index contributed by atoms with van der Waals surface area (Å²) < 4.78 is 6.93. The summed E-state index contributed by atoms with van der Waals surface area (Å²) in [6.07, 6.45) is 1.76. The van der Waals surface area contributed by atoms with Gasteiger partial charge in [-0.15, -0.1) is 0 Å². The Morgan fingerprint density at radius 2 is 1.95 bits per heavy atom. The minimum Gasteiger partial charge on any atom is -0.478 e. The lowest BCUT2D eigenvalue weighted by molar-refractivity contribution is -0.135. The van der Waals surface area contributed by atoms with Crippen molar-refractivity contribution in [1.82, 2.24) is 9.47 Å². The highest BCUT2D eigenvalue weighted by molar-refractivity contribution is 6.02. The van der Waals surface area contributed by atoms with Crippen molar-refractivity contribution in [3.8, 4) is 0 Å². The van der Waals surface area contributed by atoms with E-state index in [1.807, 2.05) is 12.1 Å². The van der Waals surface area contributed by atoms with Crippen molar-refractivity contribution < 1.29 is 19.4 Å². The number of carboxylic acid groups (broad SMARTS) is 1. The van der Waals surface area contributed by atoms with Gasteiger partial charge in [-0.3, -0.25) is 4.79 Å². The molecular weight excluding hydrogens is 272 g/mol. The van der Waals surface area contributed by atoms with Gasteiger partial charge in [0, 0.05) is 24.7 Å². The lowest BCUT2D eigenvalue weighted by atomic mass is 10.1. The topological polar surface area (TPSA) is 71.8 Å². The van der Waals surface area contributed by atoms with Crippen molar-refractivity contribution in [3.63, 3.8) is 0 Å². The van der Waals surface area contributed by atoms with Crippen LogP contribution < -0.4 is 0 Å². The first-order chi connectivity index (χ1) is 10.2. The van der Waals surface area contributed by atoms with Crippen molar-refractivity contribution >= 4 is 22.8 Å². The van der Waals surface area contributed by atoms with Crippen molar-refractivity contribution in [2.24, 2.45) is 0 Å². The van der Waals surface area contributed by atoms with E-state index in [4.69, 9.17) is 4.74 Å². The summed E-state index contributed by atoms with van der Waals surface area (Å²) in [6, 6.07) is 6.94. The summed E-state index contributed by atoms with van der Waals surface area (Å²) in [5.74, 6) is -1.00. The van der Waals surface area contributed by atoms with Gasteiger partial charge in [-0.25, -0.2) is 4.79 Å². The molecule has 0 saturated carbocycles. The van der Waals surface area contributed by atoms with Gasteiger partial charge in [0.15, 0.2) is 0 Å². The van der Waals surface area contributed by atoms with Crippen LogP contribution in [0, 0.1) is 0 Å². The van der Waals surface area contributed by atoms with Gasteiger partial charge in [-0.05, 0) is 12.1 Å². The Labute approximate surface area is 121 Å². The second kappa shape index (κ2) is 5.57. The lowest BCUT2D eigenvalue weighted by Crippen LogP contribution is -2.42. The molecule has 1 N–H and O–H groups in total. The molecule has 1 aliphatic heterocycles. The second-order valence-corrected chi connectivity index (χ2v) is 4.99. The molecule has 110 valence electrons. The number of fused-ring (bicyclic) bond motifs is 1. The summed E-state index contributed by atoms with van der Waals surface area (Å²) in [5, 5.41) is 10.1. The molecule has 2 heterocycles. The molecule has 1 fully saturated rings. The van der Waals surface area contributed by atoms with Crippen LogP contribution in [0.15, 0.2) is 30.5 Å². The first kappa shape index (κ1) is 13.6. The third-order valence-electron chi connectivity index (χ3n) is 3.69. The number of aromatic nitrogens is 1. The predicted molar refractivity (Wildman–Crippen MR) is 76.3 cm³/mol. The van der Waals surface area contributed by atoms with Crippen LogP contribution in [-0.4, -0.2) is 52.8 Å². The van der Waals surface area contributed by atoms with Crippen LogP contribution in [0.1, 0.15) is 10.4 Å². The Morgan fingerprint density at radius 3 is 2.67 bits per heavy atom. The van der Waals surface area contributed by atoms with E-state index in [0.29, 0.717) is 31.8 Å².